The summed E-state index contributed by atoms with van der Waals surface area (Å²) in [5.74, 6) is 2.59. The minimum absolute atomic E-state index is 0.0475. The van der Waals surface area contributed by atoms with Crippen molar-refractivity contribution >= 4 is 11.7 Å². The monoisotopic (exact) mass is 425 g/mol. The second-order valence-electron chi connectivity index (χ2n) is 7.99. The van der Waals surface area contributed by atoms with Crippen LogP contribution in [0.15, 0.2) is 36.4 Å². The summed E-state index contributed by atoms with van der Waals surface area (Å²) in [6.45, 7) is 1.11. The Morgan fingerprint density at radius 3 is 2.42 bits per heavy atom. The molecule has 2 aromatic carbocycles. The number of piperidine rings is 1. The van der Waals surface area contributed by atoms with E-state index in [1.807, 2.05) is 17.0 Å². The molecule has 164 valence electrons. The van der Waals surface area contributed by atoms with Crippen molar-refractivity contribution in [2.24, 2.45) is 0 Å². The number of carbonyl (C=O) groups excluding carboxylic acids is 2. The van der Waals surface area contributed by atoms with E-state index in [4.69, 9.17) is 18.9 Å². The highest BCUT2D eigenvalue weighted by atomic mass is 16.5. The molecular weight excluding hydrogens is 398 g/mol. The molecule has 2 aliphatic heterocycles. The number of amides is 1. The fourth-order valence-electron chi connectivity index (χ4n) is 4.32. The summed E-state index contributed by atoms with van der Waals surface area (Å²) < 4.78 is 22.2. The van der Waals surface area contributed by atoms with Gasteiger partial charge in [0.1, 0.15) is 17.1 Å². The molecule has 31 heavy (non-hydrogen) atoms. The molecule has 1 spiro atoms. The van der Waals surface area contributed by atoms with E-state index in [0.29, 0.717) is 60.9 Å². The summed E-state index contributed by atoms with van der Waals surface area (Å²) in [4.78, 5) is 27.4. The van der Waals surface area contributed by atoms with E-state index < -0.39 is 5.60 Å². The summed E-state index contributed by atoms with van der Waals surface area (Å²) in [6, 6.07) is 10.8. The molecule has 7 heteroatoms. The van der Waals surface area contributed by atoms with E-state index in [1.54, 1.807) is 45.6 Å². The first-order valence-corrected chi connectivity index (χ1v) is 10.4. The fourth-order valence-corrected chi connectivity index (χ4v) is 4.32. The third-order valence-corrected chi connectivity index (χ3v) is 6.13. The molecule has 0 unspecified atom stereocenters. The standard InChI is InChI=1S/C24H27NO6/c1-28-17-5-6-18-19(26)15-24(31-21(18)14-17)8-10-25(11-9-24)23(27)13-16-4-7-20(29-2)22(12-16)30-3/h4-7,12,14H,8-11,13,15H2,1-3H3. The van der Waals surface area contributed by atoms with E-state index in [1.165, 1.54) is 0 Å². The lowest BCUT2D eigenvalue weighted by Gasteiger charge is -2.44. The Labute approximate surface area is 181 Å². The number of methoxy groups -OCH3 is 3. The van der Waals surface area contributed by atoms with Gasteiger partial charge in [-0.05, 0) is 29.8 Å². The molecule has 2 aliphatic rings. The molecule has 0 bridgehead atoms. The molecule has 1 saturated heterocycles. The van der Waals surface area contributed by atoms with Crippen molar-refractivity contribution in [3.8, 4) is 23.0 Å². The summed E-state index contributed by atoms with van der Waals surface area (Å²) in [5.41, 5.74) is 0.905. The molecule has 2 heterocycles. The average molecular weight is 425 g/mol. The van der Waals surface area contributed by atoms with Crippen molar-refractivity contribution in [1.82, 2.24) is 4.90 Å². The minimum atomic E-state index is -0.559. The number of fused-ring (bicyclic) bond motifs is 1. The molecule has 0 saturated carbocycles. The number of carbonyl (C=O) groups is 2. The largest absolute Gasteiger partial charge is 0.497 e. The van der Waals surface area contributed by atoms with Gasteiger partial charge in [-0.3, -0.25) is 9.59 Å². The second-order valence-corrected chi connectivity index (χ2v) is 7.99. The molecule has 4 rings (SSSR count). The van der Waals surface area contributed by atoms with Crippen LogP contribution < -0.4 is 18.9 Å². The summed E-state index contributed by atoms with van der Waals surface area (Å²) in [6.07, 6.45) is 1.86. The van der Waals surface area contributed by atoms with Gasteiger partial charge in [0.15, 0.2) is 17.3 Å². The van der Waals surface area contributed by atoms with E-state index in [-0.39, 0.29) is 18.1 Å². The number of nitrogens with zero attached hydrogens (tertiary/aromatic N) is 1. The van der Waals surface area contributed by atoms with Gasteiger partial charge >= 0.3 is 0 Å². The minimum Gasteiger partial charge on any atom is -0.497 e. The fraction of sp³-hybridized carbons (Fsp3) is 0.417. The summed E-state index contributed by atoms with van der Waals surface area (Å²) in [5, 5.41) is 0. The van der Waals surface area contributed by atoms with Crippen molar-refractivity contribution in [3.63, 3.8) is 0 Å². The lowest BCUT2D eigenvalue weighted by Crippen LogP contribution is -2.52. The molecule has 2 aromatic rings. The van der Waals surface area contributed by atoms with Crippen LogP contribution in [0.3, 0.4) is 0 Å². The average Bonchev–Trinajstić information content (AvgIpc) is 2.78. The molecular formula is C24H27NO6. The summed E-state index contributed by atoms with van der Waals surface area (Å²) in [7, 11) is 4.75. The summed E-state index contributed by atoms with van der Waals surface area (Å²) >= 11 is 0. The lowest BCUT2D eigenvalue weighted by atomic mass is 9.82. The van der Waals surface area contributed by atoms with Crippen LogP contribution in [0, 0.1) is 0 Å². The maximum absolute atomic E-state index is 12.9. The molecule has 1 fully saturated rings. The molecule has 0 N–H and O–H groups in total. The first-order chi connectivity index (χ1) is 15.0. The molecule has 0 atom stereocenters. The van der Waals surface area contributed by atoms with Crippen LogP contribution in [-0.2, 0) is 11.2 Å². The van der Waals surface area contributed by atoms with Gasteiger partial charge in [-0.2, -0.15) is 0 Å². The number of hydrogen-bond acceptors (Lipinski definition) is 6. The smallest absolute Gasteiger partial charge is 0.226 e. The van der Waals surface area contributed by atoms with Crippen LogP contribution in [-0.4, -0.2) is 56.6 Å². The maximum atomic E-state index is 12.9. The molecule has 0 aromatic heterocycles. The Kier molecular flexibility index (Phi) is 5.76. The molecule has 0 radical (unpaired) electrons. The van der Waals surface area contributed by atoms with Crippen molar-refractivity contribution in [2.45, 2.75) is 31.3 Å². The highest BCUT2D eigenvalue weighted by Gasteiger charge is 2.43. The topological polar surface area (TPSA) is 74.3 Å². The Bertz CT molecular complexity index is 994. The number of benzene rings is 2. The second kappa shape index (κ2) is 8.49. The van der Waals surface area contributed by atoms with Crippen LogP contribution in [0.4, 0.5) is 0 Å². The van der Waals surface area contributed by atoms with Crippen molar-refractivity contribution in [1.29, 1.82) is 0 Å². The first kappa shape index (κ1) is 21.0. The Balaban J connectivity index is 1.41. The number of Topliss-reactive ketones (excluding diaryl/α,β-unsaturated/α-hetero) is 1. The Morgan fingerprint density at radius 1 is 1.00 bits per heavy atom. The molecule has 0 aliphatic carbocycles. The molecule has 1 amide bonds. The van der Waals surface area contributed by atoms with Gasteiger partial charge in [-0.1, -0.05) is 6.07 Å². The number of ether oxygens (including phenoxy) is 4. The number of ketones is 1. The zero-order chi connectivity index (χ0) is 22.0. The van der Waals surface area contributed by atoms with Crippen LogP contribution >= 0.6 is 0 Å². The zero-order valence-electron chi connectivity index (χ0n) is 18.1. The predicted molar refractivity (Wildman–Crippen MR) is 114 cm³/mol. The first-order valence-electron chi connectivity index (χ1n) is 10.4. The third kappa shape index (κ3) is 4.17. The normalized spacial score (nSPS) is 17.0. The predicted octanol–water partition coefficient (Wildman–Crippen LogP) is 3.28. The van der Waals surface area contributed by atoms with E-state index >= 15 is 0 Å². The van der Waals surface area contributed by atoms with Crippen molar-refractivity contribution in [2.75, 3.05) is 34.4 Å². The quantitative estimate of drug-likeness (QED) is 0.732. The van der Waals surface area contributed by atoms with E-state index in [2.05, 4.69) is 0 Å². The number of likely N-dealkylation sites (tertiary alicyclic amines) is 1. The van der Waals surface area contributed by atoms with Crippen molar-refractivity contribution in [3.05, 3.63) is 47.5 Å². The maximum Gasteiger partial charge on any atom is 0.226 e. The highest BCUT2D eigenvalue weighted by Crippen LogP contribution is 2.41. The Hall–Kier alpha value is -3.22. The Morgan fingerprint density at radius 2 is 1.74 bits per heavy atom. The van der Waals surface area contributed by atoms with Crippen LogP contribution in [0.5, 0.6) is 23.0 Å². The van der Waals surface area contributed by atoms with Gasteiger partial charge in [0.05, 0.1) is 39.7 Å². The zero-order valence-corrected chi connectivity index (χ0v) is 18.1. The van der Waals surface area contributed by atoms with Crippen molar-refractivity contribution < 1.29 is 28.5 Å². The van der Waals surface area contributed by atoms with Crippen LogP contribution in [0.1, 0.15) is 35.2 Å². The van der Waals surface area contributed by atoms with Gasteiger partial charge in [-0.15, -0.1) is 0 Å². The SMILES string of the molecule is COc1ccc2c(c1)OC1(CCN(C(=O)Cc3ccc(OC)c(OC)c3)CC1)CC2=O. The highest BCUT2D eigenvalue weighted by molar-refractivity contribution is 6.00. The van der Waals surface area contributed by atoms with Gasteiger partial charge in [0.25, 0.3) is 0 Å². The van der Waals surface area contributed by atoms with Crippen LogP contribution in [0.2, 0.25) is 0 Å². The molecule has 7 nitrogen and oxygen atoms in total. The number of rotatable bonds is 5. The lowest BCUT2D eigenvalue weighted by molar-refractivity contribution is -0.134. The van der Waals surface area contributed by atoms with Gasteiger partial charge < -0.3 is 23.8 Å². The van der Waals surface area contributed by atoms with Gasteiger partial charge in [-0.25, -0.2) is 0 Å². The van der Waals surface area contributed by atoms with E-state index in [0.717, 1.165) is 5.56 Å². The van der Waals surface area contributed by atoms with Crippen LogP contribution in [0.25, 0.3) is 0 Å². The van der Waals surface area contributed by atoms with Gasteiger partial charge in [0.2, 0.25) is 5.91 Å². The van der Waals surface area contributed by atoms with E-state index in [9.17, 15) is 9.59 Å². The third-order valence-electron chi connectivity index (χ3n) is 6.13. The van der Waals surface area contributed by atoms with Gasteiger partial charge in [0, 0.05) is 32.0 Å². The number of hydrogen-bond donors (Lipinski definition) is 0.